The smallest absolute Gasteiger partial charge is 0.326 e. The fraction of sp³-hybridized carbons (Fsp3) is 0.828. The van der Waals surface area contributed by atoms with E-state index in [1.165, 1.54) is 0 Å². The second-order valence-corrected chi connectivity index (χ2v) is 24.4. The van der Waals surface area contributed by atoms with Crippen molar-refractivity contribution in [1.82, 2.24) is 52.8 Å². The number of hydrogen-bond donors (Lipinski definition) is 15. The largest absolute Gasteiger partial charge is 0.480 e. The van der Waals surface area contributed by atoms with Crippen LogP contribution in [-0.2, 0) is 52.7 Å². The van der Waals surface area contributed by atoms with E-state index in [0.29, 0.717) is 116 Å². The summed E-state index contributed by atoms with van der Waals surface area (Å²) in [6.07, 6.45) is 13.3. The van der Waals surface area contributed by atoms with Gasteiger partial charge in [0.2, 0.25) is 59.1 Å². The molecule has 0 saturated carbocycles. The first-order valence-corrected chi connectivity index (χ1v) is 34.3. The van der Waals surface area contributed by atoms with Crippen LogP contribution in [0.5, 0.6) is 0 Å². The lowest BCUT2D eigenvalue weighted by Gasteiger charge is -2.32. The maximum atomic E-state index is 14.8. The van der Waals surface area contributed by atoms with Crippen molar-refractivity contribution >= 4 is 65.0 Å². The number of hydrogen-bond acceptors (Lipinski definition) is 19. The third-order valence-corrected chi connectivity index (χ3v) is 15.7. The van der Waals surface area contributed by atoms with Crippen LogP contribution in [0.25, 0.3) is 0 Å². The molecule has 27 nitrogen and oxygen atoms in total. The Morgan fingerprint density at radius 2 is 0.736 bits per heavy atom. The standard InChI is InChI=1S/C64H123N15O12/c1-7-11-23-39-70-47(31-33-54(80)76-60(86)49(28-16-20-36-66)72-57(83)46(69)27-15-19-35-65)58(84)73-50(29-17-21-37-67)62(88)78-56(82)44-53(79(41-25-13-9-3)42-26-14-10-4)63(89)74-51(30-18-22-38-68)61(87)77-55(81)34-32-48(71-40-24-12-8-2)59(85)75-52(64(90)91)43-45(5)6/h45-53,70-71H,7-44,65-69H2,1-6H3,(H,72,83)(H,73,84)(H,74,89)(H,75,85)(H,90,91)(H,76,80,86)(H,77,81,87)(H,78,82,88)/t46-,47-,48-,49-,50-,51-,52-,53-/m0/s1. The molecule has 10 amide bonds. The zero-order valence-electron chi connectivity index (χ0n) is 56.3. The number of imide groups is 3. The summed E-state index contributed by atoms with van der Waals surface area (Å²) in [6, 6.07) is -8.82. The van der Waals surface area contributed by atoms with E-state index in [1.807, 2.05) is 46.4 Å². The Labute approximate surface area is 543 Å². The number of rotatable bonds is 57. The molecular formula is C64H123N15O12. The average Bonchev–Trinajstić information content (AvgIpc) is 3.56. The highest BCUT2D eigenvalue weighted by molar-refractivity contribution is 6.03. The second-order valence-electron chi connectivity index (χ2n) is 24.4. The molecule has 526 valence electrons. The van der Waals surface area contributed by atoms with Gasteiger partial charge in [0.05, 0.1) is 30.6 Å². The molecule has 0 aliphatic carbocycles. The minimum Gasteiger partial charge on any atom is -0.480 e. The van der Waals surface area contributed by atoms with Crippen molar-refractivity contribution in [3.63, 3.8) is 0 Å². The molecule has 0 aliphatic rings. The molecule has 0 radical (unpaired) electrons. The first kappa shape index (κ1) is 85.5. The molecule has 91 heavy (non-hydrogen) atoms. The highest BCUT2D eigenvalue weighted by Gasteiger charge is 2.35. The molecule has 0 aromatic carbocycles. The summed E-state index contributed by atoms with van der Waals surface area (Å²) in [6.45, 7) is 14.8. The first-order valence-electron chi connectivity index (χ1n) is 34.3. The van der Waals surface area contributed by atoms with E-state index in [9.17, 15) is 57.8 Å². The highest BCUT2D eigenvalue weighted by atomic mass is 16.4. The molecule has 0 spiro atoms. The van der Waals surface area contributed by atoms with Crippen LogP contribution in [0.3, 0.4) is 0 Å². The lowest BCUT2D eigenvalue weighted by Crippen LogP contribution is -2.57. The minimum absolute atomic E-state index is 0.0261. The number of unbranched alkanes of at least 4 members (excludes halogenated alkanes) is 12. The molecule has 8 atom stereocenters. The van der Waals surface area contributed by atoms with Gasteiger partial charge >= 0.3 is 5.97 Å². The third-order valence-electron chi connectivity index (χ3n) is 15.7. The number of amides is 10. The van der Waals surface area contributed by atoms with Crippen LogP contribution in [0.4, 0.5) is 0 Å². The zero-order valence-corrected chi connectivity index (χ0v) is 56.3. The van der Waals surface area contributed by atoms with Gasteiger partial charge in [-0.2, -0.15) is 0 Å². The van der Waals surface area contributed by atoms with Crippen LogP contribution in [0.2, 0.25) is 0 Å². The van der Waals surface area contributed by atoms with Gasteiger partial charge in [-0.1, -0.05) is 99.3 Å². The maximum Gasteiger partial charge on any atom is 0.326 e. The Bertz CT molecular complexity index is 2100. The second kappa shape index (κ2) is 53.9. The van der Waals surface area contributed by atoms with Crippen molar-refractivity contribution in [3.05, 3.63) is 0 Å². The number of nitrogens with two attached hydrogens (primary N) is 5. The van der Waals surface area contributed by atoms with E-state index >= 15 is 0 Å². The van der Waals surface area contributed by atoms with Gasteiger partial charge in [0.15, 0.2) is 0 Å². The van der Waals surface area contributed by atoms with Gasteiger partial charge in [0, 0.05) is 12.8 Å². The highest BCUT2D eigenvalue weighted by Crippen LogP contribution is 2.15. The van der Waals surface area contributed by atoms with Crippen molar-refractivity contribution in [3.8, 4) is 0 Å². The van der Waals surface area contributed by atoms with E-state index in [4.69, 9.17) is 28.7 Å². The maximum absolute atomic E-state index is 14.8. The number of nitrogens with zero attached hydrogens (tertiary/aromatic N) is 1. The molecule has 0 aliphatic heterocycles. The number of aliphatic carboxylic acids is 1. The van der Waals surface area contributed by atoms with Crippen LogP contribution in [0, 0.1) is 5.92 Å². The third kappa shape index (κ3) is 40.9. The van der Waals surface area contributed by atoms with Crippen molar-refractivity contribution in [2.75, 3.05) is 52.4 Å². The van der Waals surface area contributed by atoms with Crippen molar-refractivity contribution in [1.29, 1.82) is 0 Å². The molecule has 27 heteroatoms. The molecule has 0 saturated heterocycles. The summed E-state index contributed by atoms with van der Waals surface area (Å²) >= 11 is 0. The molecule has 0 unspecified atom stereocenters. The number of carboxylic acids is 1. The normalized spacial score (nSPS) is 14.0. The molecule has 0 rings (SSSR count). The molecule has 0 heterocycles. The van der Waals surface area contributed by atoms with E-state index in [-0.39, 0.29) is 70.4 Å². The number of nitrogens with one attached hydrogen (secondary N) is 9. The topological polar surface area (TPSA) is 450 Å². The van der Waals surface area contributed by atoms with Crippen molar-refractivity contribution in [2.24, 2.45) is 34.6 Å². The van der Waals surface area contributed by atoms with Crippen LogP contribution in [-0.4, -0.2) is 176 Å². The zero-order chi connectivity index (χ0) is 68.4. The van der Waals surface area contributed by atoms with E-state index in [2.05, 4.69) is 47.9 Å². The predicted molar refractivity (Wildman–Crippen MR) is 354 cm³/mol. The van der Waals surface area contributed by atoms with Gasteiger partial charge in [0.25, 0.3) is 0 Å². The van der Waals surface area contributed by atoms with Crippen LogP contribution < -0.4 is 76.5 Å². The molecule has 0 fully saturated rings. The summed E-state index contributed by atoms with van der Waals surface area (Å²) in [5.74, 6) is -8.36. The Kier molecular flexibility index (Phi) is 50.6. The van der Waals surface area contributed by atoms with Gasteiger partial charge < -0.3 is 65.7 Å². The Hall–Kier alpha value is -5.55. The Balaban J connectivity index is 6.86. The van der Waals surface area contributed by atoms with Crippen molar-refractivity contribution < 1.29 is 57.8 Å². The van der Waals surface area contributed by atoms with Gasteiger partial charge in [0.1, 0.15) is 24.2 Å². The van der Waals surface area contributed by atoms with Gasteiger partial charge in [-0.25, -0.2) is 4.79 Å². The molecule has 0 aromatic heterocycles. The molecular weight excluding hydrogens is 1170 g/mol. The molecule has 0 aromatic rings. The first-order chi connectivity index (χ1) is 43.6. The summed E-state index contributed by atoms with van der Waals surface area (Å²) < 4.78 is 0. The molecule has 0 bridgehead atoms. The summed E-state index contributed by atoms with van der Waals surface area (Å²) in [4.78, 5) is 153. The Morgan fingerprint density at radius 3 is 1.11 bits per heavy atom. The fourth-order valence-electron chi connectivity index (χ4n) is 10.2. The number of carbonyl (C=O) groups excluding carboxylic acids is 10. The SMILES string of the molecule is CCCCCN[C@@H](CCC(=O)NC(=O)[C@H](CCCCN)NC(=O)[C@H](CC(=O)NC(=O)[C@H](CCCCN)NC(=O)[C@H](CCC(=O)NC(=O)[C@H](CCCCN)NC(=O)[C@@H](N)CCCCN)NCCCCC)N(CCCCC)CCCCC)C(=O)N[C@@H](CC(C)C)C(=O)O. The summed E-state index contributed by atoms with van der Waals surface area (Å²) in [5, 5.41) is 34.2. The number of carbonyl (C=O) groups is 11. The lowest BCUT2D eigenvalue weighted by atomic mass is 10.0. The average molecular weight is 1290 g/mol. The molecule has 20 N–H and O–H groups in total. The van der Waals surface area contributed by atoms with Gasteiger partial charge in [-0.3, -0.25) is 68.8 Å². The van der Waals surface area contributed by atoms with E-state index in [1.54, 1.807) is 0 Å². The monoisotopic (exact) mass is 1290 g/mol. The fourth-order valence-corrected chi connectivity index (χ4v) is 10.2. The minimum atomic E-state index is -1.27. The van der Waals surface area contributed by atoms with Gasteiger partial charge in [-0.05, 0) is 174 Å². The quantitative estimate of drug-likeness (QED) is 0.0388. The van der Waals surface area contributed by atoms with Gasteiger partial charge in [-0.15, -0.1) is 0 Å². The van der Waals surface area contributed by atoms with E-state index < -0.39 is 120 Å². The van der Waals surface area contributed by atoms with Crippen LogP contribution in [0.1, 0.15) is 234 Å². The van der Waals surface area contributed by atoms with Crippen molar-refractivity contribution in [2.45, 2.75) is 283 Å². The summed E-state index contributed by atoms with van der Waals surface area (Å²) in [7, 11) is 0. The predicted octanol–water partition coefficient (Wildman–Crippen LogP) is 2.13. The van der Waals surface area contributed by atoms with Crippen LogP contribution >= 0.6 is 0 Å². The lowest BCUT2D eigenvalue weighted by molar-refractivity contribution is -0.142. The Morgan fingerprint density at radius 1 is 0.385 bits per heavy atom. The summed E-state index contributed by atoms with van der Waals surface area (Å²) in [5.41, 5.74) is 29.0. The van der Waals surface area contributed by atoms with Crippen LogP contribution in [0.15, 0.2) is 0 Å². The van der Waals surface area contributed by atoms with E-state index in [0.717, 1.165) is 57.8 Å². The number of carboxylic acid groups (broad SMARTS) is 1.